The minimum atomic E-state index is -3.53. The molecule has 0 amide bonds. The van der Waals surface area contributed by atoms with Gasteiger partial charge in [-0.15, -0.1) is 0 Å². The summed E-state index contributed by atoms with van der Waals surface area (Å²) in [6.07, 6.45) is 1.32. The van der Waals surface area contributed by atoms with Gasteiger partial charge in [-0.05, 0) is 0 Å². The van der Waals surface area contributed by atoms with E-state index in [4.69, 9.17) is 5.73 Å². The standard InChI is InChI=1S/C5H11N5O2S/c1-2-8-13(11,12)10-5-4(6)3-7-9-5/h3,8H,2,6H2,1H3,(H2,7,9,10). The van der Waals surface area contributed by atoms with Gasteiger partial charge in [0.05, 0.1) is 11.9 Å². The second kappa shape index (κ2) is 3.62. The molecule has 1 aromatic rings. The van der Waals surface area contributed by atoms with Gasteiger partial charge in [0.2, 0.25) is 0 Å². The molecule has 0 aromatic carbocycles. The molecule has 0 saturated heterocycles. The molecule has 0 aliphatic heterocycles. The number of nitrogens with one attached hydrogen (secondary N) is 3. The molecule has 13 heavy (non-hydrogen) atoms. The summed E-state index contributed by atoms with van der Waals surface area (Å²) in [5.74, 6) is 0.168. The van der Waals surface area contributed by atoms with E-state index in [1.165, 1.54) is 6.20 Å². The van der Waals surface area contributed by atoms with E-state index in [-0.39, 0.29) is 11.5 Å². The molecule has 74 valence electrons. The van der Waals surface area contributed by atoms with Gasteiger partial charge in [-0.1, -0.05) is 6.92 Å². The molecule has 0 aliphatic rings. The van der Waals surface area contributed by atoms with Crippen LogP contribution in [-0.4, -0.2) is 25.2 Å². The van der Waals surface area contributed by atoms with E-state index in [0.29, 0.717) is 6.54 Å². The van der Waals surface area contributed by atoms with E-state index < -0.39 is 10.2 Å². The largest absolute Gasteiger partial charge is 0.394 e. The maximum Gasteiger partial charge on any atom is 0.300 e. The van der Waals surface area contributed by atoms with Crippen LogP contribution in [0.2, 0.25) is 0 Å². The number of nitrogens with two attached hydrogens (primary N) is 1. The lowest BCUT2D eigenvalue weighted by molar-refractivity contribution is 0.589. The van der Waals surface area contributed by atoms with Crippen molar-refractivity contribution < 1.29 is 8.42 Å². The predicted molar refractivity (Wildman–Crippen MR) is 49.2 cm³/mol. The molecule has 1 rings (SSSR count). The summed E-state index contributed by atoms with van der Waals surface area (Å²) in [5, 5.41) is 5.98. The fourth-order valence-corrected chi connectivity index (χ4v) is 1.62. The third kappa shape index (κ3) is 2.60. The highest BCUT2D eigenvalue weighted by atomic mass is 32.2. The Kier molecular flexibility index (Phi) is 2.73. The lowest BCUT2D eigenvalue weighted by Crippen LogP contribution is -2.30. The number of hydrogen-bond donors (Lipinski definition) is 4. The van der Waals surface area contributed by atoms with Crippen molar-refractivity contribution in [1.29, 1.82) is 0 Å². The number of anilines is 2. The van der Waals surface area contributed by atoms with Crippen molar-refractivity contribution in [2.75, 3.05) is 17.0 Å². The Morgan fingerprint density at radius 3 is 2.85 bits per heavy atom. The molecule has 0 fully saturated rings. The van der Waals surface area contributed by atoms with Gasteiger partial charge in [-0.2, -0.15) is 18.2 Å². The van der Waals surface area contributed by atoms with Crippen LogP contribution in [0, 0.1) is 0 Å². The Hall–Kier alpha value is -1.28. The first-order valence-corrected chi connectivity index (χ1v) is 5.09. The Labute approximate surface area is 75.9 Å². The van der Waals surface area contributed by atoms with Crippen LogP contribution < -0.4 is 15.2 Å². The Morgan fingerprint density at radius 2 is 2.38 bits per heavy atom. The van der Waals surface area contributed by atoms with Crippen LogP contribution in [0.4, 0.5) is 11.5 Å². The van der Waals surface area contributed by atoms with Gasteiger partial charge >= 0.3 is 0 Å². The van der Waals surface area contributed by atoms with Crippen LogP contribution in [0.15, 0.2) is 6.20 Å². The topological polar surface area (TPSA) is 113 Å². The summed E-state index contributed by atoms with van der Waals surface area (Å²) < 4.78 is 26.7. The van der Waals surface area contributed by atoms with Crippen molar-refractivity contribution in [2.45, 2.75) is 6.92 Å². The maximum atomic E-state index is 11.1. The van der Waals surface area contributed by atoms with E-state index >= 15 is 0 Å². The van der Waals surface area contributed by atoms with Crippen LogP contribution in [-0.2, 0) is 10.2 Å². The van der Waals surface area contributed by atoms with Crippen molar-refractivity contribution in [3.63, 3.8) is 0 Å². The van der Waals surface area contributed by atoms with Crippen LogP contribution in [0.25, 0.3) is 0 Å². The van der Waals surface area contributed by atoms with Gasteiger partial charge in [0.15, 0.2) is 5.82 Å². The number of aromatic amines is 1. The van der Waals surface area contributed by atoms with E-state index in [1.54, 1.807) is 6.92 Å². The number of hydrogen-bond acceptors (Lipinski definition) is 4. The first-order chi connectivity index (χ1) is 6.05. The molecule has 0 unspecified atom stereocenters. The van der Waals surface area contributed by atoms with E-state index in [9.17, 15) is 8.42 Å². The van der Waals surface area contributed by atoms with Gasteiger partial charge in [0.1, 0.15) is 0 Å². The third-order valence-electron chi connectivity index (χ3n) is 1.24. The average molecular weight is 205 g/mol. The zero-order chi connectivity index (χ0) is 9.90. The summed E-state index contributed by atoms with van der Waals surface area (Å²) in [5.41, 5.74) is 5.65. The Bertz CT molecular complexity index is 370. The molecule has 1 aromatic heterocycles. The number of H-pyrrole nitrogens is 1. The molecular formula is C5H11N5O2S. The monoisotopic (exact) mass is 205 g/mol. The first kappa shape index (κ1) is 9.81. The minimum absolute atomic E-state index is 0.168. The fourth-order valence-electron chi connectivity index (χ4n) is 0.738. The molecule has 0 aliphatic carbocycles. The summed E-state index contributed by atoms with van der Waals surface area (Å²) in [6, 6.07) is 0. The molecule has 0 atom stereocenters. The lowest BCUT2D eigenvalue weighted by Gasteiger charge is -2.05. The quantitative estimate of drug-likeness (QED) is 0.518. The van der Waals surface area contributed by atoms with Crippen LogP contribution in [0.5, 0.6) is 0 Å². The highest BCUT2D eigenvalue weighted by molar-refractivity contribution is 7.90. The van der Waals surface area contributed by atoms with Gasteiger partial charge < -0.3 is 5.73 Å². The number of rotatable bonds is 4. The zero-order valence-corrected chi connectivity index (χ0v) is 7.85. The van der Waals surface area contributed by atoms with Crippen molar-refractivity contribution in [2.24, 2.45) is 0 Å². The molecule has 0 spiro atoms. The van der Waals surface area contributed by atoms with Crippen LogP contribution in [0.3, 0.4) is 0 Å². The van der Waals surface area contributed by atoms with Gasteiger partial charge in [0.25, 0.3) is 10.2 Å². The Morgan fingerprint density at radius 1 is 1.69 bits per heavy atom. The molecule has 7 nitrogen and oxygen atoms in total. The number of nitrogens with zero attached hydrogens (tertiary/aromatic N) is 1. The van der Waals surface area contributed by atoms with Gasteiger partial charge in [-0.25, -0.2) is 0 Å². The summed E-state index contributed by atoms with van der Waals surface area (Å²) in [4.78, 5) is 0. The highest BCUT2D eigenvalue weighted by Gasteiger charge is 2.10. The van der Waals surface area contributed by atoms with Crippen molar-refractivity contribution in [3.05, 3.63) is 6.20 Å². The molecule has 0 bridgehead atoms. The average Bonchev–Trinajstić information content (AvgIpc) is 2.35. The smallest absolute Gasteiger partial charge is 0.300 e. The molecule has 0 radical (unpaired) electrons. The molecule has 8 heteroatoms. The van der Waals surface area contributed by atoms with Gasteiger partial charge in [-0.3, -0.25) is 9.82 Å². The number of nitrogen functional groups attached to an aromatic ring is 1. The molecule has 1 heterocycles. The third-order valence-corrected chi connectivity index (χ3v) is 2.38. The first-order valence-electron chi connectivity index (χ1n) is 3.61. The van der Waals surface area contributed by atoms with Crippen LogP contribution in [0.1, 0.15) is 6.92 Å². The maximum absolute atomic E-state index is 11.1. The highest BCUT2D eigenvalue weighted by Crippen LogP contribution is 2.12. The van der Waals surface area contributed by atoms with Gasteiger partial charge in [0, 0.05) is 6.54 Å². The second-order valence-electron chi connectivity index (χ2n) is 2.30. The fraction of sp³-hybridized carbons (Fsp3) is 0.400. The van der Waals surface area contributed by atoms with Crippen molar-refractivity contribution in [1.82, 2.24) is 14.9 Å². The Balaban J connectivity index is 2.75. The van der Waals surface area contributed by atoms with E-state index in [1.807, 2.05) is 0 Å². The van der Waals surface area contributed by atoms with Crippen molar-refractivity contribution >= 4 is 21.7 Å². The molecule has 5 N–H and O–H groups in total. The summed E-state index contributed by atoms with van der Waals surface area (Å²) in [6.45, 7) is 1.99. The minimum Gasteiger partial charge on any atom is -0.394 e. The van der Waals surface area contributed by atoms with E-state index in [2.05, 4.69) is 19.6 Å². The van der Waals surface area contributed by atoms with Crippen molar-refractivity contribution in [3.8, 4) is 0 Å². The normalized spacial score (nSPS) is 11.5. The number of aromatic nitrogens is 2. The van der Waals surface area contributed by atoms with Crippen LogP contribution >= 0.6 is 0 Å². The molecular weight excluding hydrogens is 194 g/mol. The summed E-state index contributed by atoms with van der Waals surface area (Å²) >= 11 is 0. The predicted octanol–water partition coefficient (Wildman–Crippen LogP) is -0.742. The summed E-state index contributed by atoms with van der Waals surface area (Å²) in [7, 11) is -3.53. The lowest BCUT2D eigenvalue weighted by atomic mass is 10.6. The second-order valence-corrected chi connectivity index (χ2v) is 3.80. The SMILES string of the molecule is CCNS(=O)(=O)Nc1[nH]ncc1N. The zero-order valence-electron chi connectivity index (χ0n) is 7.03. The van der Waals surface area contributed by atoms with E-state index in [0.717, 1.165) is 0 Å². The molecule has 0 saturated carbocycles.